The van der Waals surface area contributed by atoms with Gasteiger partial charge in [-0.1, -0.05) is 30.3 Å². The van der Waals surface area contributed by atoms with Crippen LogP contribution in [-0.4, -0.2) is 4.98 Å². The number of nitrogens with zero attached hydrogens (tertiary/aromatic N) is 1. The van der Waals surface area contributed by atoms with Gasteiger partial charge in [-0.3, -0.25) is 0 Å². The molecule has 2 unspecified atom stereocenters. The predicted molar refractivity (Wildman–Crippen MR) is 69.6 cm³/mol. The quantitative estimate of drug-likeness (QED) is 0.870. The van der Waals surface area contributed by atoms with E-state index >= 15 is 0 Å². The number of hydrogen-bond donors (Lipinski definition) is 1. The summed E-state index contributed by atoms with van der Waals surface area (Å²) < 4.78 is 0. The van der Waals surface area contributed by atoms with E-state index in [4.69, 9.17) is 5.73 Å². The Morgan fingerprint density at radius 3 is 2.76 bits per heavy atom. The fraction of sp³-hybridized carbons (Fsp3) is 0.267. The van der Waals surface area contributed by atoms with Crippen LogP contribution in [0.1, 0.15) is 23.5 Å². The van der Waals surface area contributed by atoms with E-state index in [0.29, 0.717) is 5.82 Å². The maximum atomic E-state index is 5.69. The highest BCUT2D eigenvalue weighted by atomic mass is 14.8. The van der Waals surface area contributed by atoms with Gasteiger partial charge in [-0.25, -0.2) is 4.98 Å². The third-order valence-electron chi connectivity index (χ3n) is 3.49. The number of nitrogens with two attached hydrogens (primary N) is 1. The Labute approximate surface area is 102 Å². The largest absolute Gasteiger partial charge is 0.384 e. The minimum atomic E-state index is 0.624. The SMILES string of the molecule is Nc1cc(CC2CC2c2ccccc2)ccn1. The molecule has 0 spiro atoms. The van der Waals surface area contributed by atoms with E-state index in [1.165, 1.54) is 17.5 Å². The fourth-order valence-corrected chi connectivity index (χ4v) is 2.51. The van der Waals surface area contributed by atoms with E-state index in [0.717, 1.165) is 18.3 Å². The third-order valence-corrected chi connectivity index (χ3v) is 3.49. The monoisotopic (exact) mass is 224 g/mol. The van der Waals surface area contributed by atoms with Gasteiger partial charge >= 0.3 is 0 Å². The molecule has 17 heavy (non-hydrogen) atoms. The zero-order valence-corrected chi connectivity index (χ0v) is 9.71. The van der Waals surface area contributed by atoms with Crippen LogP contribution in [0.4, 0.5) is 5.82 Å². The Balaban J connectivity index is 1.66. The molecule has 2 atom stereocenters. The molecule has 1 aliphatic carbocycles. The van der Waals surface area contributed by atoms with Gasteiger partial charge in [0.1, 0.15) is 5.82 Å². The minimum Gasteiger partial charge on any atom is -0.384 e. The highest BCUT2D eigenvalue weighted by Crippen LogP contribution is 2.49. The molecule has 1 aliphatic rings. The number of benzene rings is 1. The molecular formula is C15H16N2. The van der Waals surface area contributed by atoms with E-state index in [-0.39, 0.29) is 0 Å². The van der Waals surface area contributed by atoms with Crippen molar-refractivity contribution in [2.24, 2.45) is 5.92 Å². The van der Waals surface area contributed by atoms with Crippen molar-refractivity contribution in [2.75, 3.05) is 5.73 Å². The summed E-state index contributed by atoms with van der Waals surface area (Å²) in [6, 6.07) is 14.8. The molecule has 1 heterocycles. The molecule has 1 aromatic heterocycles. The van der Waals surface area contributed by atoms with Crippen molar-refractivity contribution >= 4 is 5.82 Å². The molecule has 2 aromatic rings. The van der Waals surface area contributed by atoms with Gasteiger partial charge in [-0.2, -0.15) is 0 Å². The standard InChI is InChI=1S/C15H16N2/c16-15-9-11(6-7-17-15)8-13-10-14(13)12-4-2-1-3-5-12/h1-7,9,13-14H,8,10H2,(H2,16,17). The first-order chi connectivity index (χ1) is 8.33. The van der Waals surface area contributed by atoms with Crippen LogP contribution in [-0.2, 0) is 6.42 Å². The summed E-state index contributed by atoms with van der Waals surface area (Å²) in [5.74, 6) is 2.14. The molecule has 2 nitrogen and oxygen atoms in total. The lowest BCUT2D eigenvalue weighted by atomic mass is 10.0. The molecule has 1 aromatic carbocycles. The maximum Gasteiger partial charge on any atom is 0.123 e. The molecule has 2 heteroatoms. The Kier molecular flexibility index (Phi) is 2.56. The number of hydrogen-bond acceptors (Lipinski definition) is 2. The first-order valence-electron chi connectivity index (χ1n) is 6.08. The normalized spacial score (nSPS) is 22.4. The summed E-state index contributed by atoms with van der Waals surface area (Å²) in [4.78, 5) is 4.02. The Bertz CT molecular complexity index is 507. The van der Waals surface area contributed by atoms with E-state index in [1.54, 1.807) is 6.20 Å². The summed E-state index contributed by atoms with van der Waals surface area (Å²) in [7, 11) is 0. The van der Waals surface area contributed by atoms with Crippen molar-refractivity contribution in [1.82, 2.24) is 4.98 Å². The lowest BCUT2D eigenvalue weighted by Gasteiger charge is -2.02. The number of rotatable bonds is 3. The van der Waals surface area contributed by atoms with Crippen molar-refractivity contribution < 1.29 is 0 Å². The summed E-state index contributed by atoms with van der Waals surface area (Å²) in [6.45, 7) is 0. The lowest BCUT2D eigenvalue weighted by Crippen LogP contribution is -1.94. The highest BCUT2D eigenvalue weighted by molar-refractivity contribution is 5.34. The van der Waals surface area contributed by atoms with Gasteiger partial charge in [0.15, 0.2) is 0 Å². The van der Waals surface area contributed by atoms with Gasteiger partial charge in [0.2, 0.25) is 0 Å². The molecule has 1 fully saturated rings. The molecule has 86 valence electrons. The molecule has 3 rings (SSSR count). The molecular weight excluding hydrogens is 208 g/mol. The number of anilines is 1. The van der Waals surface area contributed by atoms with Crippen molar-refractivity contribution in [2.45, 2.75) is 18.8 Å². The van der Waals surface area contributed by atoms with Gasteiger partial charge in [0.05, 0.1) is 0 Å². The van der Waals surface area contributed by atoms with E-state index in [1.807, 2.05) is 6.07 Å². The average Bonchev–Trinajstić information content (AvgIpc) is 3.10. The molecule has 0 amide bonds. The minimum absolute atomic E-state index is 0.624. The van der Waals surface area contributed by atoms with E-state index in [2.05, 4.69) is 41.4 Å². The second-order valence-corrected chi connectivity index (χ2v) is 4.81. The van der Waals surface area contributed by atoms with Gasteiger partial charge < -0.3 is 5.73 Å². The Morgan fingerprint density at radius 1 is 1.18 bits per heavy atom. The lowest BCUT2D eigenvalue weighted by molar-refractivity contribution is 0.794. The molecule has 0 bridgehead atoms. The zero-order valence-electron chi connectivity index (χ0n) is 9.71. The molecule has 1 saturated carbocycles. The topological polar surface area (TPSA) is 38.9 Å². The van der Waals surface area contributed by atoms with E-state index < -0.39 is 0 Å². The molecule has 0 saturated heterocycles. The number of aromatic nitrogens is 1. The summed E-state index contributed by atoms with van der Waals surface area (Å²) in [5, 5.41) is 0. The van der Waals surface area contributed by atoms with Gasteiger partial charge in [-0.05, 0) is 47.9 Å². The van der Waals surface area contributed by atoms with Crippen LogP contribution in [0.15, 0.2) is 48.7 Å². The second-order valence-electron chi connectivity index (χ2n) is 4.81. The Hall–Kier alpha value is -1.83. The van der Waals surface area contributed by atoms with Crippen molar-refractivity contribution in [3.63, 3.8) is 0 Å². The van der Waals surface area contributed by atoms with Crippen LogP contribution in [0.5, 0.6) is 0 Å². The summed E-state index contributed by atoms with van der Waals surface area (Å²) in [6.07, 6.45) is 4.21. The van der Waals surface area contributed by atoms with Crippen molar-refractivity contribution in [3.8, 4) is 0 Å². The van der Waals surface area contributed by atoms with Crippen LogP contribution in [0, 0.1) is 5.92 Å². The van der Waals surface area contributed by atoms with E-state index in [9.17, 15) is 0 Å². The van der Waals surface area contributed by atoms with Crippen molar-refractivity contribution in [1.29, 1.82) is 0 Å². The highest BCUT2D eigenvalue weighted by Gasteiger charge is 2.37. The third kappa shape index (κ3) is 2.31. The molecule has 0 radical (unpaired) electrons. The maximum absolute atomic E-state index is 5.69. The van der Waals surface area contributed by atoms with Crippen LogP contribution in [0.3, 0.4) is 0 Å². The number of nitrogen functional groups attached to an aromatic ring is 1. The van der Waals surface area contributed by atoms with Crippen LogP contribution in [0.25, 0.3) is 0 Å². The smallest absolute Gasteiger partial charge is 0.123 e. The second kappa shape index (κ2) is 4.21. The fourth-order valence-electron chi connectivity index (χ4n) is 2.51. The average molecular weight is 224 g/mol. The van der Waals surface area contributed by atoms with Crippen LogP contribution in [0.2, 0.25) is 0 Å². The zero-order chi connectivity index (χ0) is 11.7. The molecule has 2 N–H and O–H groups in total. The van der Waals surface area contributed by atoms with Gasteiger partial charge in [-0.15, -0.1) is 0 Å². The predicted octanol–water partition coefficient (Wildman–Crippen LogP) is 3.01. The van der Waals surface area contributed by atoms with Crippen LogP contribution >= 0.6 is 0 Å². The summed E-state index contributed by atoms with van der Waals surface area (Å²) in [5.41, 5.74) is 8.47. The number of pyridine rings is 1. The molecule has 0 aliphatic heterocycles. The Morgan fingerprint density at radius 2 is 2.00 bits per heavy atom. The van der Waals surface area contributed by atoms with Crippen molar-refractivity contribution in [3.05, 3.63) is 59.8 Å². The van der Waals surface area contributed by atoms with Gasteiger partial charge in [0.25, 0.3) is 0 Å². The first kappa shape index (κ1) is 10.3. The first-order valence-corrected chi connectivity index (χ1v) is 6.08. The van der Waals surface area contributed by atoms with Crippen LogP contribution < -0.4 is 5.73 Å². The van der Waals surface area contributed by atoms with Gasteiger partial charge in [0, 0.05) is 6.20 Å². The summed E-state index contributed by atoms with van der Waals surface area (Å²) >= 11 is 0.